The number of thiophene rings is 1. The summed E-state index contributed by atoms with van der Waals surface area (Å²) in [6.07, 6.45) is 0.855. The van der Waals surface area contributed by atoms with Gasteiger partial charge in [0.2, 0.25) is 0 Å². The topological polar surface area (TPSA) is 34.1 Å². The van der Waals surface area contributed by atoms with Crippen molar-refractivity contribution in [3.8, 4) is 0 Å². The number of carbonyl (C=O) groups is 1. The maximum atomic E-state index is 11.5. The van der Waals surface area contributed by atoms with Crippen molar-refractivity contribution in [3.63, 3.8) is 0 Å². The van der Waals surface area contributed by atoms with Gasteiger partial charge in [0, 0.05) is 16.6 Å². The zero-order valence-electron chi connectivity index (χ0n) is 7.79. The third-order valence-electron chi connectivity index (χ3n) is 1.57. The summed E-state index contributed by atoms with van der Waals surface area (Å²) in [6.45, 7) is 1.96. The van der Waals surface area contributed by atoms with Gasteiger partial charge in [-0.3, -0.25) is 9.00 Å². The zero-order chi connectivity index (χ0) is 10.6. The summed E-state index contributed by atoms with van der Waals surface area (Å²) in [5.74, 6) is 0.742. The first kappa shape index (κ1) is 12.1. The standard InChI is InChI=1S/C9H11BrO2S2/c1-2-5-14(12)6-7(11)8-3-4-9(10)13-8/h3-4H,2,5-6H2,1H3. The first-order chi connectivity index (χ1) is 6.63. The first-order valence-corrected chi connectivity index (χ1v) is 7.36. The second-order valence-corrected chi connectivity index (χ2v) is 6.85. The normalized spacial score (nSPS) is 12.7. The van der Waals surface area contributed by atoms with Crippen molar-refractivity contribution in [2.24, 2.45) is 0 Å². The minimum absolute atomic E-state index is 0.0208. The van der Waals surface area contributed by atoms with Gasteiger partial charge in [0.1, 0.15) is 0 Å². The monoisotopic (exact) mass is 294 g/mol. The molecule has 5 heteroatoms. The van der Waals surface area contributed by atoms with Crippen LogP contribution in [0.1, 0.15) is 23.0 Å². The largest absolute Gasteiger partial charge is 0.292 e. The van der Waals surface area contributed by atoms with E-state index in [9.17, 15) is 9.00 Å². The predicted octanol–water partition coefficient (Wildman–Crippen LogP) is 2.85. The Morgan fingerprint density at radius 2 is 2.29 bits per heavy atom. The highest BCUT2D eigenvalue weighted by Crippen LogP contribution is 2.22. The van der Waals surface area contributed by atoms with Crippen molar-refractivity contribution < 1.29 is 9.00 Å². The van der Waals surface area contributed by atoms with Crippen LogP contribution in [0.3, 0.4) is 0 Å². The van der Waals surface area contributed by atoms with E-state index in [0.29, 0.717) is 10.6 Å². The SMILES string of the molecule is CCCS(=O)CC(=O)c1ccc(Br)s1. The highest BCUT2D eigenvalue weighted by molar-refractivity contribution is 9.11. The Hall–Kier alpha value is -0.0000000000000000833. The summed E-state index contributed by atoms with van der Waals surface area (Å²) in [6, 6.07) is 3.60. The van der Waals surface area contributed by atoms with Crippen LogP contribution in [0.5, 0.6) is 0 Å². The Bertz CT molecular complexity index is 346. The van der Waals surface area contributed by atoms with E-state index in [2.05, 4.69) is 15.9 Å². The third kappa shape index (κ3) is 3.63. The number of halogens is 1. The van der Waals surface area contributed by atoms with Crippen molar-refractivity contribution in [2.45, 2.75) is 13.3 Å². The maximum Gasteiger partial charge on any atom is 0.185 e. The molecule has 0 bridgehead atoms. The lowest BCUT2D eigenvalue weighted by molar-refractivity contribution is 0.102. The Balaban J connectivity index is 2.55. The number of hydrogen-bond donors (Lipinski definition) is 0. The van der Waals surface area contributed by atoms with Crippen LogP contribution in [0.15, 0.2) is 15.9 Å². The molecule has 0 N–H and O–H groups in total. The van der Waals surface area contributed by atoms with Crippen molar-refractivity contribution in [1.29, 1.82) is 0 Å². The molecule has 0 fully saturated rings. The van der Waals surface area contributed by atoms with Gasteiger partial charge in [-0.25, -0.2) is 0 Å². The number of carbonyl (C=O) groups excluding carboxylic acids is 1. The fraction of sp³-hybridized carbons (Fsp3) is 0.444. The third-order valence-corrected chi connectivity index (χ3v) is 4.68. The highest BCUT2D eigenvalue weighted by atomic mass is 79.9. The summed E-state index contributed by atoms with van der Waals surface area (Å²) in [7, 11) is -1.000. The fourth-order valence-electron chi connectivity index (χ4n) is 0.981. The van der Waals surface area contributed by atoms with E-state index >= 15 is 0 Å². The molecule has 0 spiro atoms. The Kier molecular flexibility index (Phi) is 4.98. The molecule has 0 saturated carbocycles. The van der Waals surface area contributed by atoms with E-state index in [1.54, 1.807) is 6.07 Å². The smallest absolute Gasteiger partial charge is 0.185 e. The van der Waals surface area contributed by atoms with Crippen molar-refractivity contribution >= 4 is 43.8 Å². The van der Waals surface area contributed by atoms with E-state index in [4.69, 9.17) is 0 Å². The minimum Gasteiger partial charge on any atom is -0.292 e. The lowest BCUT2D eigenvalue weighted by atomic mass is 10.4. The van der Waals surface area contributed by atoms with Crippen molar-refractivity contribution in [2.75, 3.05) is 11.5 Å². The van der Waals surface area contributed by atoms with Crippen LogP contribution in [0, 0.1) is 0 Å². The Morgan fingerprint density at radius 1 is 1.57 bits per heavy atom. The van der Waals surface area contributed by atoms with Crippen LogP contribution in [-0.4, -0.2) is 21.5 Å². The fourth-order valence-corrected chi connectivity index (χ4v) is 3.44. The molecule has 0 radical (unpaired) electrons. The van der Waals surface area contributed by atoms with E-state index < -0.39 is 10.8 Å². The molecule has 1 aromatic rings. The molecule has 1 unspecified atom stereocenters. The molecule has 78 valence electrons. The van der Waals surface area contributed by atoms with Crippen molar-refractivity contribution in [3.05, 3.63) is 20.8 Å². The minimum atomic E-state index is -1.000. The van der Waals surface area contributed by atoms with Crippen LogP contribution >= 0.6 is 27.3 Å². The van der Waals surface area contributed by atoms with Crippen LogP contribution in [0.25, 0.3) is 0 Å². The van der Waals surface area contributed by atoms with Gasteiger partial charge < -0.3 is 0 Å². The first-order valence-electron chi connectivity index (χ1n) is 4.27. The number of rotatable bonds is 5. The lowest BCUT2D eigenvalue weighted by Gasteiger charge is -1.97. The van der Waals surface area contributed by atoms with E-state index in [1.807, 2.05) is 13.0 Å². The van der Waals surface area contributed by atoms with Crippen LogP contribution < -0.4 is 0 Å². The molecule has 0 aromatic carbocycles. The average Bonchev–Trinajstić information content (AvgIpc) is 2.52. The van der Waals surface area contributed by atoms with Crippen molar-refractivity contribution in [1.82, 2.24) is 0 Å². The molecule has 0 aliphatic heterocycles. The zero-order valence-corrected chi connectivity index (χ0v) is 11.0. The highest BCUT2D eigenvalue weighted by Gasteiger charge is 2.11. The number of hydrogen-bond acceptors (Lipinski definition) is 3. The van der Waals surface area contributed by atoms with Crippen LogP contribution in [0.4, 0.5) is 0 Å². The molecule has 2 nitrogen and oxygen atoms in total. The second kappa shape index (κ2) is 5.78. The molecule has 1 aromatic heterocycles. The second-order valence-electron chi connectivity index (χ2n) is 2.82. The van der Waals surface area contributed by atoms with Gasteiger partial charge in [-0.1, -0.05) is 6.92 Å². The van der Waals surface area contributed by atoms with Crippen LogP contribution in [-0.2, 0) is 10.8 Å². The molecule has 1 atom stereocenters. The van der Waals surface area contributed by atoms with Gasteiger partial charge in [-0.2, -0.15) is 0 Å². The van der Waals surface area contributed by atoms with Gasteiger partial charge in [0.15, 0.2) is 5.78 Å². The van der Waals surface area contributed by atoms with Gasteiger partial charge in [-0.05, 0) is 34.5 Å². The summed E-state index contributed by atoms with van der Waals surface area (Å²) < 4.78 is 12.2. The Labute approximate surface area is 98.3 Å². The molecule has 0 aliphatic carbocycles. The Morgan fingerprint density at radius 3 is 2.79 bits per heavy atom. The van der Waals surface area contributed by atoms with E-state index in [0.717, 1.165) is 10.2 Å². The van der Waals surface area contributed by atoms with Gasteiger partial charge in [-0.15, -0.1) is 11.3 Å². The van der Waals surface area contributed by atoms with Gasteiger partial charge in [0.05, 0.1) is 14.4 Å². The predicted molar refractivity (Wildman–Crippen MR) is 64.5 cm³/mol. The van der Waals surface area contributed by atoms with Gasteiger partial charge in [0.25, 0.3) is 0 Å². The summed E-state index contributed by atoms with van der Waals surface area (Å²) >= 11 is 4.68. The molecule has 0 amide bonds. The number of Topliss-reactive ketones (excluding diaryl/α,β-unsaturated/α-hetero) is 1. The maximum absolute atomic E-state index is 11.5. The summed E-state index contributed by atoms with van der Waals surface area (Å²) in [4.78, 5) is 12.2. The van der Waals surface area contributed by atoms with E-state index in [-0.39, 0.29) is 11.5 Å². The molecule has 14 heavy (non-hydrogen) atoms. The van der Waals surface area contributed by atoms with E-state index in [1.165, 1.54) is 11.3 Å². The average molecular weight is 295 g/mol. The molecule has 1 heterocycles. The molecular formula is C9H11BrO2S2. The quantitative estimate of drug-likeness (QED) is 0.783. The summed E-state index contributed by atoms with van der Waals surface area (Å²) in [5, 5.41) is 0. The molecule has 0 saturated heterocycles. The van der Waals surface area contributed by atoms with Crippen LogP contribution in [0.2, 0.25) is 0 Å². The lowest BCUT2D eigenvalue weighted by Crippen LogP contribution is -2.11. The summed E-state index contributed by atoms with van der Waals surface area (Å²) in [5.41, 5.74) is 0. The molecule has 1 rings (SSSR count). The molecule has 0 aliphatic rings. The molecular weight excluding hydrogens is 284 g/mol. The van der Waals surface area contributed by atoms with Gasteiger partial charge >= 0.3 is 0 Å². The number of ketones is 1.